The second kappa shape index (κ2) is 9.94. The highest BCUT2D eigenvalue weighted by molar-refractivity contribution is 5.95. The van der Waals surface area contributed by atoms with Crippen molar-refractivity contribution >= 4 is 23.5 Å². The maximum atomic E-state index is 12.5. The minimum absolute atomic E-state index is 0.0362. The first-order chi connectivity index (χ1) is 12.8. The number of hydrogen-bond acceptors (Lipinski definition) is 3. The molecule has 1 aromatic carbocycles. The van der Waals surface area contributed by atoms with Crippen LogP contribution in [0.15, 0.2) is 24.3 Å². The third-order valence-electron chi connectivity index (χ3n) is 4.55. The lowest BCUT2D eigenvalue weighted by molar-refractivity contribution is -0.121. The topological polar surface area (TPSA) is 90.5 Å². The van der Waals surface area contributed by atoms with Gasteiger partial charge in [0.1, 0.15) is 0 Å². The Bertz CT molecular complexity index is 650. The van der Waals surface area contributed by atoms with E-state index in [2.05, 4.69) is 22.9 Å². The summed E-state index contributed by atoms with van der Waals surface area (Å²) >= 11 is 0. The molecule has 0 bridgehead atoms. The third-order valence-corrected chi connectivity index (χ3v) is 4.55. The van der Waals surface area contributed by atoms with Crippen molar-refractivity contribution < 1.29 is 14.4 Å². The van der Waals surface area contributed by atoms with Crippen LogP contribution in [-0.2, 0) is 4.79 Å². The van der Waals surface area contributed by atoms with E-state index >= 15 is 0 Å². The van der Waals surface area contributed by atoms with Crippen LogP contribution in [0.1, 0.15) is 50.4 Å². The summed E-state index contributed by atoms with van der Waals surface area (Å²) in [5, 5.41) is 8.11. The number of urea groups is 1. The number of carbonyl (C=O) groups excluding carboxylic acids is 3. The van der Waals surface area contributed by atoms with Crippen LogP contribution in [0, 0.1) is 5.92 Å². The highest BCUT2D eigenvalue weighted by Crippen LogP contribution is 2.19. The highest BCUT2D eigenvalue weighted by Gasteiger charge is 2.21. The molecule has 1 fully saturated rings. The summed E-state index contributed by atoms with van der Waals surface area (Å²) < 4.78 is 0. The average Bonchev–Trinajstić information content (AvgIpc) is 2.62. The molecule has 7 heteroatoms. The Balaban J connectivity index is 1.77. The predicted molar refractivity (Wildman–Crippen MR) is 106 cm³/mol. The van der Waals surface area contributed by atoms with Crippen molar-refractivity contribution in [3.63, 3.8) is 0 Å². The van der Waals surface area contributed by atoms with Gasteiger partial charge in [0.25, 0.3) is 5.91 Å². The van der Waals surface area contributed by atoms with Gasteiger partial charge in [-0.25, -0.2) is 4.79 Å². The molecule has 0 spiro atoms. The number of likely N-dealkylation sites (tertiary alicyclic amines) is 1. The molecule has 0 aromatic heterocycles. The Hall–Kier alpha value is -2.57. The zero-order chi connectivity index (χ0) is 19.8. The maximum Gasteiger partial charge on any atom is 0.319 e. The van der Waals surface area contributed by atoms with Crippen LogP contribution in [0.4, 0.5) is 10.5 Å². The molecule has 0 radical (unpaired) electrons. The van der Waals surface area contributed by atoms with Gasteiger partial charge in [-0.1, -0.05) is 6.92 Å². The van der Waals surface area contributed by atoms with Crippen LogP contribution in [0.25, 0.3) is 0 Å². The van der Waals surface area contributed by atoms with Crippen LogP contribution in [-0.4, -0.2) is 48.4 Å². The molecule has 3 N–H and O–H groups in total. The summed E-state index contributed by atoms with van der Waals surface area (Å²) in [6.07, 6.45) is 2.31. The summed E-state index contributed by atoms with van der Waals surface area (Å²) in [6.45, 7) is 7.84. The maximum absolute atomic E-state index is 12.5. The van der Waals surface area contributed by atoms with Gasteiger partial charge >= 0.3 is 6.03 Å². The zero-order valence-corrected chi connectivity index (χ0v) is 16.4. The number of rotatable bonds is 6. The molecule has 27 heavy (non-hydrogen) atoms. The van der Waals surface area contributed by atoms with E-state index in [-0.39, 0.29) is 36.9 Å². The fourth-order valence-corrected chi connectivity index (χ4v) is 2.95. The number of piperidine rings is 1. The molecule has 0 saturated carbocycles. The number of nitrogens with zero attached hydrogens (tertiary/aromatic N) is 1. The molecule has 4 amide bonds. The van der Waals surface area contributed by atoms with Crippen molar-refractivity contribution in [2.24, 2.45) is 5.92 Å². The fourth-order valence-electron chi connectivity index (χ4n) is 2.95. The minimum Gasteiger partial charge on any atom is -0.354 e. The summed E-state index contributed by atoms with van der Waals surface area (Å²) in [6, 6.07) is 6.59. The summed E-state index contributed by atoms with van der Waals surface area (Å²) in [5.74, 6) is 0.616. The molecule has 1 heterocycles. The van der Waals surface area contributed by atoms with Gasteiger partial charge in [0.05, 0.1) is 0 Å². The van der Waals surface area contributed by atoms with Gasteiger partial charge in [-0.2, -0.15) is 0 Å². The number of carbonyl (C=O) groups is 3. The van der Waals surface area contributed by atoms with E-state index in [9.17, 15) is 14.4 Å². The minimum atomic E-state index is -0.378. The Labute approximate surface area is 160 Å². The summed E-state index contributed by atoms with van der Waals surface area (Å²) in [4.78, 5) is 37.8. The van der Waals surface area contributed by atoms with Crippen LogP contribution < -0.4 is 16.0 Å². The molecule has 7 nitrogen and oxygen atoms in total. The van der Waals surface area contributed by atoms with Gasteiger partial charge in [-0.15, -0.1) is 0 Å². The lowest BCUT2D eigenvalue weighted by atomic mass is 9.98. The molecule has 0 atom stereocenters. The summed E-state index contributed by atoms with van der Waals surface area (Å²) in [5.41, 5.74) is 1.23. The molecule has 1 aromatic rings. The SMILES string of the molecule is CC1CCN(C(=O)c2ccc(NC(=O)NCCC(=O)NC(C)C)cc2)CC1. The lowest BCUT2D eigenvalue weighted by Crippen LogP contribution is -2.37. The van der Waals surface area contributed by atoms with E-state index in [1.165, 1.54) is 0 Å². The first-order valence-electron chi connectivity index (χ1n) is 9.58. The molecule has 0 unspecified atom stereocenters. The molecule has 2 rings (SSSR count). The van der Waals surface area contributed by atoms with Gasteiger partial charge in [-0.3, -0.25) is 9.59 Å². The number of amides is 4. The third kappa shape index (κ3) is 6.92. The van der Waals surface area contributed by atoms with E-state index in [1.54, 1.807) is 24.3 Å². The number of anilines is 1. The van der Waals surface area contributed by atoms with Crippen molar-refractivity contribution in [3.05, 3.63) is 29.8 Å². The van der Waals surface area contributed by atoms with E-state index in [0.717, 1.165) is 25.9 Å². The number of nitrogens with one attached hydrogen (secondary N) is 3. The van der Waals surface area contributed by atoms with Crippen LogP contribution >= 0.6 is 0 Å². The quantitative estimate of drug-likeness (QED) is 0.715. The van der Waals surface area contributed by atoms with E-state index in [0.29, 0.717) is 17.2 Å². The van der Waals surface area contributed by atoms with Crippen molar-refractivity contribution in [2.75, 3.05) is 25.0 Å². The molecule has 1 aliphatic heterocycles. The number of benzene rings is 1. The van der Waals surface area contributed by atoms with Gasteiger partial charge in [-0.05, 0) is 56.9 Å². The van der Waals surface area contributed by atoms with Gasteiger partial charge in [0.15, 0.2) is 0 Å². The molecular formula is C20H30N4O3. The standard InChI is InChI=1S/C20H30N4O3/c1-14(2)22-18(25)8-11-21-20(27)23-17-6-4-16(5-7-17)19(26)24-12-9-15(3)10-13-24/h4-7,14-15H,8-13H2,1-3H3,(H,22,25)(H2,21,23,27). The van der Waals surface area contributed by atoms with Crippen LogP contribution in [0.2, 0.25) is 0 Å². The van der Waals surface area contributed by atoms with Crippen molar-refractivity contribution in [1.82, 2.24) is 15.5 Å². The largest absolute Gasteiger partial charge is 0.354 e. The highest BCUT2D eigenvalue weighted by atomic mass is 16.2. The number of hydrogen-bond donors (Lipinski definition) is 3. The van der Waals surface area contributed by atoms with Crippen molar-refractivity contribution in [2.45, 2.75) is 46.1 Å². The van der Waals surface area contributed by atoms with Crippen molar-refractivity contribution in [1.29, 1.82) is 0 Å². The second-order valence-corrected chi connectivity index (χ2v) is 7.41. The average molecular weight is 374 g/mol. The van der Waals surface area contributed by atoms with E-state index in [1.807, 2.05) is 18.7 Å². The molecule has 1 saturated heterocycles. The first kappa shape index (κ1) is 20.7. The molecule has 1 aliphatic rings. The van der Waals surface area contributed by atoms with Crippen LogP contribution in [0.3, 0.4) is 0 Å². The van der Waals surface area contributed by atoms with E-state index in [4.69, 9.17) is 0 Å². The van der Waals surface area contributed by atoms with Crippen molar-refractivity contribution in [3.8, 4) is 0 Å². The zero-order valence-electron chi connectivity index (χ0n) is 16.4. The van der Waals surface area contributed by atoms with Gasteiger partial charge in [0.2, 0.25) is 5.91 Å². The Morgan fingerprint density at radius 2 is 1.74 bits per heavy atom. The molecule has 148 valence electrons. The first-order valence-corrected chi connectivity index (χ1v) is 9.58. The lowest BCUT2D eigenvalue weighted by Gasteiger charge is -2.30. The summed E-state index contributed by atoms with van der Waals surface area (Å²) in [7, 11) is 0. The van der Waals surface area contributed by atoms with Crippen LogP contribution in [0.5, 0.6) is 0 Å². The Morgan fingerprint density at radius 1 is 1.11 bits per heavy atom. The van der Waals surface area contributed by atoms with Gasteiger partial charge in [0, 0.05) is 43.3 Å². The molecular weight excluding hydrogens is 344 g/mol. The smallest absolute Gasteiger partial charge is 0.319 e. The Kier molecular flexibility index (Phi) is 7.64. The second-order valence-electron chi connectivity index (χ2n) is 7.41. The molecule has 0 aliphatic carbocycles. The predicted octanol–water partition coefficient (Wildman–Crippen LogP) is 2.59. The Morgan fingerprint density at radius 3 is 2.33 bits per heavy atom. The fraction of sp³-hybridized carbons (Fsp3) is 0.550. The normalized spacial score (nSPS) is 14.7. The van der Waals surface area contributed by atoms with E-state index < -0.39 is 0 Å². The van der Waals surface area contributed by atoms with Gasteiger partial charge < -0.3 is 20.9 Å². The monoisotopic (exact) mass is 374 g/mol.